The second kappa shape index (κ2) is 10.3. The molecule has 2 aromatic rings. The molecule has 2 N–H and O–H groups in total. The van der Waals surface area contributed by atoms with E-state index in [1.54, 1.807) is 14.2 Å². The molecule has 26 heavy (non-hydrogen) atoms. The van der Waals surface area contributed by atoms with Gasteiger partial charge in [-0.15, -0.1) is 0 Å². The number of rotatable bonds is 9. The SMILES string of the molecule is CCNC(=NCc1ccc(OC)cc1OC)NCCCc1cnn(C)c1. The lowest BCUT2D eigenvalue weighted by molar-refractivity contribution is 0.391. The first-order valence-corrected chi connectivity index (χ1v) is 8.86. The summed E-state index contributed by atoms with van der Waals surface area (Å²) in [6.07, 6.45) is 5.97. The fourth-order valence-electron chi connectivity index (χ4n) is 2.59. The van der Waals surface area contributed by atoms with E-state index >= 15 is 0 Å². The Morgan fingerprint density at radius 2 is 2.08 bits per heavy atom. The van der Waals surface area contributed by atoms with Crippen LogP contribution in [0.4, 0.5) is 0 Å². The summed E-state index contributed by atoms with van der Waals surface area (Å²) in [5.74, 6) is 2.35. The Bertz CT molecular complexity index is 712. The minimum atomic E-state index is 0.533. The highest BCUT2D eigenvalue weighted by Crippen LogP contribution is 2.25. The molecule has 0 bridgehead atoms. The lowest BCUT2D eigenvalue weighted by Crippen LogP contribution is -2.37. The number of hydrogen-bond acceptors (Lipinski definition) is 4. The second-order valence-electron chi connectivity index (χ2n) is 5.93. The highest BCUT2D eigenvalue weighted by atomic mass is 16.5. The first kappa shape index (κ1) is 19.6. The molecule has 1 aromatic heterocycles. The summed E-state index contributed by atoms with van der Waals surface area (Å²) in [6, 6.07) is 5.77. The molecule has 1 heterocycles. The van der Waals surface area contributed by atoms with Crippen molar-refractivity contribution in [1.29, 1.82) is 0 Å². The summed E-state index contributed by atoms with van der Waals surface area (Å²) in [4.78, 5) is 4.65. The maximum Gasteiger partial charge on any atom is 0.191 e. The van der Waals surface area contributed by atoms with Gasteiger partial charge in [-0.3, -0.25) is 4.68 Å². The number of aryl methyl sites for hydroxylation is 2. The fraction of sp³-hybridized carbons (Fsp3) is 0.474. The van der Waals surface area contributed by atoms with Crippen LogP contribution in [0.5, 0.6) is 11.5 Å². The number of ether oxygens (including phenoxy) is 2. The van der Waals surface area contributed by atoms with Crippen molar-refractivity contribution in [3.63, 3.8) is 0 Å². The van der Waals surface area contributed by atoms with Crippen LogP contribution in [-0.4, -0.2) is 43.0 Å². The zero-order chi connectivity index (χ0) is 18.8. The molecule has 0 saturated heterocycles. The molecular formula is C19H29N5O2. The number of guanidine groups is 1. The molecule has 142 valence electrons. The molecule has 0 aliphatic heterocycles. The minimum Gasteiger partial charge on any atom is -0.497 e. The van der Waals surface area contributed by atoms with Crippen LogP contribution in [0.25, 0.3) is 0 Å². The van der Waals surface area contributed by atoms with Crippen molar-refractivity contribution in [3.8, 4) is 11.5 Å². The molecule has 0 aliphatic carbocycles. The average Bonchev–Trinajstić information content (AvgIpc) is 3.08. The minimum absolute atomic E-state index is 0.533. The quantitative estimate of drug-likeness (QED) is 0.408. The molecule has 0 unspecified atom stereocenters. The molecule has 7 nitrogen and oxygen atoms in total. The van der Waals surface area contributed by atoms with Crippen LogP contribution in [0, 0.1) is 0 Å². The first-order valence-electron chi connectivity index (χ1n) is 8.86. The third-order valence-electron chi connectivity index (χ3n) is 3.94. The van der Waals surface area contributed by atoms with Crippen molar-refractivity contribution in [2.75, 3.05) is 27.3 Å². The van der Waals surface area contributed by atoms with Crippen LogP contribution < -0.4 is 20.1 Å². The van der Waals surface area contributed by atoms with Crippen LogP contribution in [0.3, 0.4) is 0 Å². The maximum atomic E-state index is 5.43. The van der Waals surface area contributed by atoms with Gasteiger partial charge in [0.2, 0.25) is 0 Å². The van der Waals surface area contributed by atoms with Gasteiger partial charge >= 0.3 is 0 Å². The highest BCUT2D eigenvalue weighted by molar-refractivity contribution is 5.79. The molecule has 0 spiro atoms. The zero-order valence-corrected chi connectivity index (χ0v) is 16.1. The van der Waals surface area contributed by atoms with Gasteiger partial charge in [-0.05, 0) is 37.5 Å². The summed E-state index contributed by atoms with van der Waals surface area (Å²) in [5, 5.41) is 10.8. The number of aliphatic imine (C=N–C) groups is 1. The molecule has 0 radical (unpaired) electrons. The lowest BCUT2D eigenvalue weighted by Gasteiger charge is -2.12. The Hall–Kier alpha value is -2.70. The summed E-state index contributed by atoms with van der Waals surface area (Å²) < 4.78 is 12.5. The highest BCUT2D eigenvalue weighted by Gasteiger charge is 2.05. The third kappa shape index (κ3) is 5.98. The predicted molar refractivity (Wildman–Crippen MR) is 104 cm³/mol. The number of methoxy groups -OCH3 is 2. The number of benzene rings is 1. The molecule has 2 rings (SSSR count). The molecule has 0 amide bonds. The number of nitrogens with one attached hydrogen (secondary N) is 2. The number of nitrogens with zero attached hydrogens (tertiary/aromatic N) is 3. The van der Waals surface area contributed by atoms with Gasteiger partial charge in [0.25, 0.3) is 0 Å². The van der Waals surface area contributed by atoms with Crippen molar-refractivity contribution in [2.45, 2.75) is 26.3 Å². The van der Waals surface area contributed by atoms with Crippen molar-refractivity contribution in [1.82, 2.24) is 20.4 Å². The molecule has 0 atom stereocenters. The topological polar surface area (TPSA) is 72.7 Å². The smallest absolute Gasteiger partial charge is 0.191 e. The van der Waals surface area contributed by atoms with Crippen molar-refractivity contribution < 1.29 is 9.47 Å². The Labute approximate surface area is 155 Å². The number of hydrogen-bond donors (Lipinski definition) is 2. The largest absolute Gasteiger partial charge is 0.497 e. The van der Waals surface area contributed by atoms with Crippen molar-refractivity contribution in [2.24, 2.45) is 12.0 Å². The summed E-state index contributed by atoms with van der Waals surface area (Å²) in [5.41, 5.74) is 2.26. The van der Waals surface area contributed by atoms with E-state index in [9.17, 15) is 0 Å². The van der Waals surface area contributed by atoms with Gasteiger partial charge in [0.1, 0.15) is 11.5 Å². The van der Waals surface area contributed by atoms with Gasteiger partial charge in [-0.2, -0.15) is 5.10 Å². The molecule has 0 saturated carbocycles. The van der Waals surface area contributed by atoms with E-state index in [1.165, 1.54) is 5.56 Å². The van der Waals surface area contributed by atoms with E-state index in [1.807, 2.05) is 36.1 Å². The fourth-order valence-corrected chi connectivity index (χ4v) is 2.59. The van der Waals surface area contributed by atoms with E-state index in [0.29, 0.717) is 6.54 Å². The molecule has 0 fully saturated rings. The normalized spacial score (nSPS) is 11.3. The van der Waals surface area contributed by atoms with Crippen molar-refractivity contribution in [3.05, 3.63) is 41.7 Å². The molecular weight excluding hydrogens is 330 g/mol. The van der Waals surface area contributed by atoms with Crippen LogP contribution in [0.1, 0.15) is 24.5 Å². The van der Waals surface area contributed by atoms with Crippen LogP contribution >= 0.6 is 0 Å². The van der Waals surface area contributed by atoms with E-state index in [-0.39, 0.29) is 0 Å². The van der Waals surface area contributed by atoms with E-state index in [0.717, 1.165) is 49.0 Å². The van der Waals surface area contributed by atoms with E-state index < -0.39 is 0 Å². The lowest BCUT2D eigenvalue weighted by atomic mass is 10.2. The standard InChI is InChI=1S/C19H29N5O2/c1-5-20-19(21-10-6-7-15-12-23-24(2)14-15)22-13-16-8-9-17(25-3)11-18(16)26-4/h8-9,11-12,14H,5-7,10,13H2,1-4H3,(H2,20,21,22). The van der Waals surface area contributed by atoms with Crippen molar-refractivity contribution >= 4 is 5.96 Å². The molecule has 1 aromatic carbocycles. The Kier molecular flexibility index (Phi) is 7.79. The Morgan fingerprint density at radius 1 is 1.23 bits per heavy atom. The van der Waals surface area contributed by atoms with Gasteiger partial charge in [0, 0.05) is 38.0 Å². The van der Waals surface area contributed by atoms with Gasteiger partial charge in [-0.25, -0.2) is 4.99 Å². The summed E-state index contributed by atoms with van der Waals surface area (Å²) in [7, 11) is 5.24. The van der Waals surface area contributed by atoms with Crippen LogP contribution in [0.15, 0.2) is 35.6 Å². The maximum absolute atomic E-state index is 5.43. The average molecular weight is 359 g/mol. The van der Waals surface area contributed by atoms with Gasteiger partial charge in [-0.1, -0.05) is 0 Å². The summed E-state index contributed by atoms with van der Waals surface area (Å²) >= 11 is 0. The Balaban J connectivity index is 1.89. The second-order valence-corrected chi connectivity index (χ2v) is 5.93. The molecule has 0 aliphatic rings. The monoisotopic (exact) mass is 359 g/mol. The Morgan fingerprint density at radius 3 is 2.73 bits per heavy atom. The molecule has 7 heteroatoms. The van der Waals surface area contributed by atoms with E-state index in [4.69, 9.17) is 9.47 Å². The van der Waals surface area contributed by atoms with Crippen LogP contribution in [-0.2, 0) is 20.0 Å². The first-order chi connectivity index (χ1) is 12.7. The number of aromatic nitrogens is 2. The zero-order valence-electron chi connectivity index (χ0n) is 16.1. The van der Waals surface area contributed by atoms with Gasteiger partial charge in [0.05, 0.1) is 27.0 Å². The van der Waals surface area contributed by atoms with Crippen LogP contribution in [0.2, 0.25) is 0 Å². The summed E-state index contributed by atoms with van der Waals surface area (Å²) in [6.45, 7) is 4.25. The third-order valence-corrected chi connectivity index (χ3v) is 3.94. The van der Waals surface area contributed by atoms with Gasteiger partial charge in [0.15, 0.2) is 5.96 Å². The van der Waals surface area contributed by atoms with Gasteiger partial charge < -0.3 is 20.1 Å². The van der Waals surface area contributed by atoms with E-state index in [2.05, 4.69) is 33.8 Å². The predicted octanol–water partition coefficient (Wildman–Crippen LogP) is 2.13.